The maximum Gasteiger partial charge on any atom is 0.254 e. The topological polar surface area (TPSA) is 38.8 Å². The van der Waals surface area contributed by atoms with Crippen molar-refractivity contribution in [3.05, 3.63) is 29.6 Å². The first-order valence-electron chi connectivity index (χ1n) is 6.39. The van der Waals surface area contributed by atoms with Gasteiger partial charge in [0.25, 0.3) is 5.91 Å². The van der Waals surface area contributed by atoms with E-state index < -0.39 is 5.82 Å². The number of amides is 1. The molecule has 20 heavy (non-hydrogen) atoms. The van der Waals surface area contributed by atoms with Crippen LogP contribution in [0, 0.1) is 5.82 Å². The van der Waals surface area contributed by atoms with E-state index in [1.807, 2.05) is 6.92 Å². The average molecular weight is 302 g/mol. The fraction of sp³-hybridized carbons (Fsp3) is 0.500. The van der Waals surface area contributed by atoms with Gasteiger partial charge in [0.05, 0.1) is 25.2 Å². The van der Waals surface area contributed by atoms with Gasteiger partial charge in [-0.1, -0.05) is 0 Å². The summed E-state index contributed by atoms with van der Waals surface area (Å²) in [7, 11) is 1.37. The van der Waals surface area contributed by atoms with Crippen LogP contribution in [0.5, 0.6) is 5.75 Å². The minimum Gasteiger partial charge on any atom is -0.494 e. The number of nitrogens with zero attached hydrogens (tertiary/aromatic N) is 1. The number of morpholine rings is 1. The van der Waals surface area contributed by atoms with Crippen LogP contribution in [0.1, 0.15) is 17.3 Å². The van der Waals surface area contributed by atoms with Crippen molar-refractivity contribution >= 4 is 17.5 Å². The van der Waals surface area contributed by atoms with Gasteiger partial charge in [-0.2, -0.15) is 0 Å². The molecule has 110 valence electrons. The van der Waals surface area contributed by atoms with E-state index in [1.165, 1.54) is 25.3 Å². The van der Waals surface area contributed by atoms with Gasteiger partial charge in [0, 0.05) is 18.7 Å². The fourth-order valence-corrected chi connectivity index (χ4v) is 2.44. The molecule has 0 aromatic heterocycles. The van der Waals surface area contributed by atoms with Crippen molar-refractivity contribution in [2.24, 2.45) is 0 Å². The lowest BCUT2D eigenvalue weighted by atomic mass is 10.1. The number of hydrogen-bond acceptors (Lipinski definition) is 3. The molecule has 6 heteroatoms. The highest BCUT2D eigenvalue weighted by molar-refractivity contribution is 6.18. The highest BCUT2D eigenvalue weighted by Gasteiger charge is 2.28. The maximum atomic E-state index is 13.4. The first-order chi connectivity index (χ1) is 9.55. The van der Waals surface area contributed by atoms with Crippen molar-refractivity contribution in [2.75, 3.05) is 26.1 Å². The summed E-state index contributed by atoms with van der Waals surface area (Å²) in [6.45, 7) is 2.82. The molecular weight excluding hydrogens is 285 g/mol. The lowest BCUT2D eigenvalue weighted by Gasteiger charge is -2.36. The van der Waals surface area contributed by atoms with Crippen molar-refractivity contribution in [2.45, 2.75) is 19.1 Å². The van der Waals surface area contributed by atoms with E-state index in [0.29, 0.717) is 24.5 Å². The summed E-state index contributed by atoms with van der Waals surface area (Å²) < 4.78 is 23.9. The molecule has 0 bridgehead atoms. The van der Waals surface area contributed by atoms with Crippen LogP contribution < -0.4 is 4.74 Å². The number of methoxy groups -OCH3 is 1. The summed E-state index contributed by atoms with van der Waals surface area (Å²) in [5.74, 6) is -0.265. The lowest BCUT2D eigenvalue weighted by molar-refractivity contribution is -0.0570. The number of ether oxygens (including phenoxy) is 2. The first-order valence-corrected chi connectivity index (χ1v) is 6.92. The molecule has 1 fully saturated rings. The third-order valence-electron chi connectivity index (χ3n) is 3.18. The molecule has 1 aromatic carbocycles. The largest absolute Gasteiger partial charge is 0.494 e. The Bertz CT molecular complexity index is 497. The Morgan fingerprint density at radius 2 is 2.30 bits per heavy atom. The number of carbonyl (C=O) groups excluding carboxylic acids is 1. The Morgan fingerprint density at radius 1 is 1.55 bits per heavy atom. The Morgan fingerprint density at radius 3 is 2.95 bits per heavy atom. The average Bonchev–Trinajstić information content (AvgIpc) is 2.46. The number of hydrogen-bond donors (Lipinski definition) is 0. The quantitative estimate of drug-likeness (QED) is 0.804. The predicted molar refractivity (Wildman–Crippen MR) is 73.9 cm³/mol. The van der Waals surface area contributed by atoms with Crippen LogP contribution in [-0.2, 0) is 4.74 Å². The van der Waals surface area contributed by atoms with Crippen LogP contribution >= 0.6 is 11.6 Å². The Balaban J connectivity index is 2.18. The molecule has 1 aliphatic rings. The highest BCUT2D eigenvalue weighted by atomic mass is 35.5. The Hall–Kier alpha value is -1.33. The van der Waals surface area contributed by atoms with Crippen LogP contribution in [0.2, 0.25) is 0 Å². The van der Waals surface area contributed by atoms with Gasteiger partial charge in [-0.05, 0) is 25.1 Å². The van der Waals surface area contributed by atoms with Gasteiger partial charge in [-0.3, -0.25) is 4.79 Å². The van der Waals surface area contributed by atoms with E-state index in [4.69, 9.17) is 21.1 Å². The minimum absolute atomic E-state index is 0.0612. The second-order valence-corrected chi connectivity index (χ2v) is 5.09. The first kappa shape index (κ1) is 15.1. The molecule has 2 unspecified atom stereocenters. The number of rotatable bonds is 3. The standard InChI is InChI=1S/C14H17ClFNO3/c1-9-7-17(8-11(6-15)20-9)14(18)10-3-4-12(16)13(5-10)19-2/h3-5,9,11H,6-8H2,1-2H3. The van der Waals surface area contributed by atoms with Crippen molar-refractivity contribution < 1.29 is 18.7 Å². The molecule has 1 heterocycles. The van der Waals surface area contributed by atoms with Crippen LogP contribution in [0.25, 0.3) is 0 Å². The monoisotopic (exact) mass is 301 g/mol. The number of halogens is 2. The van der Waals surface area contributed by atoms with Crippen LogP contribution in [0.15, 0.2) is 18.2 Å². The molecule has 0 spiro atoms. The van der Waals surface area contributed by atoms with Gasteiger partial charge in [0.1, 0.15) is 0 Å². The third kappa shape index (κ3) is 3.22. The minimum atomic E-state index is -0.488. The second-order valence-electron chi connectivity index (χ2n) is 4.78. The molecular formula is C14H17ClFNO3. The van der Waals surface area contributed by atoms with Crippen molar-refractivity contribution in [1.29, 1.82) is 0 Å². The Labute approximate surface area is 122 Å². The van der Waals surface area contributed by atoms with Gasteiger partial charge in [0.2, 0.25) is 0 Å². The molecule has 1 saturated heterocycles. The van der Waals surface area contributed by atoms with Gasteiger partial charge >= 0.3 is 0 Å². The van der Waals surface area contributed by atoms with E-state index in [1.54, 1.807) is 4.90 Å². The van der Waals surface area contributed by atoms with E-state index in [0.717, 1.165) is 0 Å². The zero-order valence-corrected chi connectivity index (χ0v) is 12.2. The summed E-state index contributed by atoms with van der Waals surface area (Å²) in [5, 5.41) is 0. The van der Waals surface area contributed by atoms with Gasteiger partial charge in [-0.15, -0.1) is 11.6 Å². The maximum absolute atomic E-state index is 13.4. The summed E-state index contributed by atoms with van der Waals surface area (Å²) in [6.07, 6.45) is -0.245. The smallest absolute Gasteiger partial charge is 0.254 e. The predicted octanol–water partition coefficient (Wildman–Crippen LogP) is 2.30. The molecule has 0 saturated carbocycles. The molecule has 0 N–H and O–H groups in total. The molecule has 1 amide bonds. The molecule has 0 aliphatic carbocycles. The van der Waals surface area contributed by atoms with E-state index >= 15 is 0 Å². The van der Waals surface area contributed by atoms with Gasteiger partial charge < -0.3 is 14.4 Å². The van der Waals surface area contributed by atoms with Crippen molar-refractivity contribution in [3.63, 3.8) is 0 Å². The number of benzene rings is 1. The molecule has 0 radical (unpaired) electrons. The highest BCUT2D eigenvalue weighted by Crippen LogP contribution is 2.21. The van der Waals surface area contributed by atoms with Crippen molar-refractivity contribution in [1.82, 2.24) is 4.90 Å². The number of carbonyl (C=O) groups is 1. The van der Waals surface area contributed by atoms with Crippen LogP contribution in [0.3, 0.4) is 0 Å². The molecule has 2 atom stereocenters. The number of alkyl halides is 1. The van der Waals surface area contributed by atoms with Gasteiger partial charge in [-0.25, -0.2) is 4.39 Å². The second kappa shape index (κ2) is 6.41. The normalized spacial score (nSPS) is 22.7. The molecule has 2 rings (SSSR count). The molecule has 1 aromatic rings. The summed E-state index contributed by atoms with van der Waals surface area (Å²) in [6, 6.07) is 4.10. The zero-order valence-electron chi connectivity index (χ0n) is 11.4. The zero-order chi connectivity index (χ0) is 14.7. The molecule has 4 nitrogen and oxygen atoms in total. The Kier molecular flexibility index (Phi) is 4.83. The SMILES string of the molecule is COc1cc(C(=O)N2CC(C)OC(CCl)C2)ccc1F. The van der Waals surface area contributed by atoms with Crippen LogP contribution in [-0.4, -0.2) is 49.1 Å². The lowest BCUT2D eigenvalue weighted by Crippen LogP contribution is -2.49. The summed E-state index contributed by atoms with van der Waals surface area (Å²) in [5.41, 5.74) is 0.394. The van der Waals surface area contributed by atoms with E-state index in [2.05, 4.69) is 0 Å². The van der Waals surface area contributed by atoms with E-state index in [9.17, 15) is 9.18 Å². The van der Waals surface area contributed by atoms with E-state index in [-0.39, 0.29) is 23.9 Å². The summed E-state index contributed by atoms with van der Waals surface area (Å²) >= 11 is 5.80. The molecule has 1 aliphatic heterocycles. The van der Waals surface area contributed by atoms with Crippen LogP contribution in [0.4, 0.5) is 4.39 Å². The third-order valence-corrected chi connectivity index (χ3v) is 3.53. The van der Waals surface area contributed by atoms with Crippen molar-refractivity contribution in [3.8, 4) is 5.75 Å². The van der Waals surface area contributed by atoms with Gasteiger partial charge in [0.15, 0.2) is 11.6 Å². The summed E-state index contributed by atoms with van der Waals surface area (Å²) in [4.78, 5) is 14.1. The fourth-order valence-electron chi connectivity index (χ4n) is 2.27.